The van der Waals surface area contributed by atoms with E-state index in [9.17, 15) is 4.79 Å². The highest BCUT2D eigenvalue weighted by Gasteiger charge is 2.10. The third-order valence-corrected chi connectivity index (χ3v) is 3.35. The summed E-state index contributed by atoms with van der Waals surface area (Å²) in [4.78, 5) is 15.0. The van der Waals surface area contributed by atoms with Gasteiger partial charge in [0.15, 0.2) is 0 Å². The molecule has 5 heteroatoms. The van der Waals surface area contributed by atoms with Crippen LogP contribution in [0.2, 0.25) is 5.02 Å². The zero-order chi connectivity index (χ0) is 14.5. The lowest BCUT2D eigenvalue weighted by molar-refractivity contribution is 0.0697. The van der Waals surface area contributed by atoms with E-state index in [1.165, 1.54) is 23.4 Å². The Morgan fingerprint density at radius 1 is 1.40 bits per heavy atom. The maximum Gasteiger partial charge on any atom is 0.337 e. The van der Waals surface area contributed by atoms with E-state index in [0.29, 0.717) is 12.4 Å². The van der Waals surface area contributed by atoms with Gasteiger partial charge in [0.25, 0.3) is 0 Å². The Morgan fingerprint density at radius 3 is 2.85 bits per heavy atom. The zero-order valence-corrected chi connectivity index (χ0v) is 11.8. The highest BCUT2D eigenvalue weighted by Crippen LogP contribution is 2.18. The fourth-order valence-electron chi connectivity index (χ4n) is 1.92. The predicted octanol–water partition coefficient (Wildman–Crippen LogP) is 3.40. The molecule has 1 aromatic heterocycles. The quantitative estimate of drug-likeness (QED) is 0.886. The minimum atomic E-state index is -1.06. The molecule has 0 fully saturated rings. The van der Waals surface area contributed by atoms with Crippen LogP contribution in [0.4, 0.5) is 5.82 Å². The molecule has 2 rings (SSSR count). The van der Waals surface area contributed by atoms with E-state index in [4.69, 9.17) is 16.7 Å². The standard InChI is InChI=1S/C15H15ClN2O2/c1-10-4-2-3-5-11(10)6-7-17-14-8-12(15(19)20)13(16)9-18-14/h2-5,8-9H,6-7H2,1H3,(H,17,18)(H,19,20). The van der Waals surface area contributed by atoms with Crippen molar-refractivity contribution in [1.29, 1.82) is 0 Å². The molecular weight excluding hydrogens is 276 g/mol. The Bertz CT molecular complexity index is 629. The molecule has 2 N–H and O–H groups in total. The van der Waals surface area contributed by atoms with Crippen molar-refractivity contribution in [2.45, 2.75) is 13.3 Å². The van der Waals surface area contributed by atoms with Crippen LogP contribution < -0.4 is 5.32 Å². The molecule has 0 aliphatic carbocycles. The van der Waals surface area contributed by atoms with E-state index in [1.807, 2.05) is 12.1 Å². The summed E-state index contributed by atoms with van der Waals surface area (Å²) < 4.78 is 0. The minimum Gasteiger partial charge on any atom is -0.478 e. The topological polar surface area (TPSA) is 62.2 Å². The van der Waals surface area contributed by atoms with E-state index in [-0.39, 0.29) is 10.6 Å². The second-order valence-corrected chi connectivity index (χ2v) is 4.87. The average Bonchev–Trinajstić information content (AvgIpc) is 2.42. The summed E-state index contributed by atoms with van der Waals surface area (Å²) in [5, 5.41) is 12.2. The minimum absolute atomic E-state index is 0.0556. The number of carboxylic acids is 1. The number of halogens is 1. The number of aromatic nitrogens is 1. The predicted molar refractivity (Wildman–Crippen MR) is 79.6 cm³/mol. The molecule has 104 valence electrons. The Morgan fingerprint density at radius 2 is 2.15 bits per heavy atom. The van der Waals surface area contributed by atoms with Gasteiger partial charge in [-0.2, -0.15) is 0 Å². The third-order valence-electron chi connectivity index (χ3n) is 3.05. The number of aryl methyl sites for hydroxylation is 1. The SMILES string of the molecule is Cc1ccccc1CCNc1cc(C(=O)O)c(Cl)cn1. The summed E-state index contributed by atoms with van der Waals surface area (Å²) in [5.74, 6) is -0.542. The largest absolute Gasteiger partial charge is 0.478 e. The van der Waals surface area contributed by atoms with Gasteiger partial charge in [-0.25, -0.2) is 9.78 Å². The molecule has 0 saturated heterocycles. The molecule has 1 heterocycles. The molecule has 0 bridgehead atoms. The highest BCUT2D eigenvalue weighted by molar-refractivity contribution is 6.33. The first-order valence-electron chi connectivity index (χ1n) is 6.25. The number of hydrogen-bond acceptors (Lipinski definition) is 3. The molecule has 2 aromatic rings. The summed E-state index contributed by atoms with van der Waals surface area (Å²) in [6.07, 6.45) is 2.19. The van der Waals surface area contributed by atoms with Gasteiger partial charge in [0, 0.05) is 12.7 Å². The zero-order valence-electron chi connectivity index (χ0n) is 11.1. The van der Waals surface area contributed by atoms with Gasteiger partial charge in [-0.1, -0.05) is 35.9 Å². The van der Waals surface area contributed by atoms with Crippen molar-refractivity contribution in [3.05, 3.63) is 58.2 Å². The number of anilines is 1. The van der Waals surface area contributed by atoms with E-state index < -0.39 is 5.97 Å². The molecular formula is C15H15ClN2O2. The number of aromatic carboxylic acids is 1. The van der Waals surface area contributed by atoms with Crippen LogP contribution in [0.3, 0.4) is 0 Å². The van der Waals surface area contributed by atoms with Gasteiger partial charge in [-0.15, -0.1) is 0 Å². The van der Waals surface area contributed by atoms with Gasteiger partial charge in [0.05, 0.1) is 10.6 Å². The summed E-state index contributed by atoms with van der Waals surface area (Å²) in [6.45, 7) is 2.75. The molecule has 0 saturated carbocycles. The van der Waals surface area contributed by atoms with Crippen LogP contribution in [0.25, 0.3) is 0 Å². The van der Waals surface area contributed by atoms with Gasteiger partial charge >= 0.3 is 5.97 Å². The Kier molecular flexibility index (Phi) is 4.58. The maximum absolute atomic E-state index is 11.0. The van der Waals surface area contributed by atoms with Gasteiger partial charge in [0.1, 0.15) is 5.82 Å². The molecule has 0 radical (unpaired) electrons. The van der Waals surface area contributed by atoms with Crippen molar-refractivity contribution < 1.29 is 9.90 Å². The van der Waals surface area contributed by atoms with Gasteiger partial charge in [0.2, 0.25) is 0 Å². The first-order valence-corrected chi connectivity index (χ1v) is 6.63. The molecule has 0 amide bonds. The molecule has 0 aliphatic heterocycles. The Hall–Kier alpha value is -2.07. The highest BCUT2D eigenvalue weighted by atomic mass is 35.5. The molecule has 0 spiro atoms. The average molecular weight is 291 g/mol. The van der Waals surface area contributed by atoms with E-state index in [0.717, 1.165) is 6.42 Å². The monoisotopic (exact) mass is 290 g/mol. The molecule has 4 nitrogen and oxygen atoms in total. The van der Waals surface area contributed by atoms with Gasteiger partial charge < -0.3 is 10.4 Å². The lowest BCUT2D eigenvalue weighted by atomic mass is 10.1. The van der Waals surface area contributed by atoms with Crippen LogP contribution in [0.15, 0.2) is 36.5 Å². The fourth-order valence-corrected chi connectivity index (χ4v) is 2.10. The number of benzene rings is 1. The van der Waals surface area contributed by atoms with Crippen molar-refractivity contribution in [2.75, 3.05) is 11.9 Å². The Labute approximate surface area is 122 Å². The van der Waals surface area contributed by atoms with Gasteiger partial charge in [-0.3, -0.25) is 0 Å². The van der Waals surface area contributed by atoms with Crippen LogP contribution in [-0.4, -0.2) is 22.6 Å². The number of pyridine rings is 1. The normalized spacial score (nSPS) is 10.3. The molecule has 0 atom stereocenters. The first kappa shape index (κ1) is 14.3. The van der Waals surface area contributed by atoms with Crippen LogP contribution in [0, 0.1) is 6.92 Å². The number of carboxylic acid groups (broad SMARTS) is 1. The smallest absolute Gasteiger partial charge is 0.337 e. The summed E-state index contributed by atoms with van der Waals surface area (Å²) in [6, 6.07) is 9.60. The van der Waals surface area contributed by atoms with Crippen LogP contribution in [0.1, 0.15) is 21.5 Å². The molecule has 20 heavy (non-hydrogen) atoms. The number of hydrogen-bond donors (Lipinski definition) is 2. The second kappa shape index (κ2) is 6.39. The first-order chi connectivity index (χ1) is 9.58. The van der Waals surface area contributed by atoms with Gasteiger partial charge in [-0.05, 0) is 30.5 Å². The van der Waals surface area contributed by atoms with E-state index in [2.05, 4.69) is 29.4 Å². The third kappa shape index (κ3) is 3.48. The van der Waals surface area contributed by atoms with Crippen LogP contribution in [-0.2, 0) is 6.42 Å². The van der Waals surface area contributed by atoms with E-state index in [1.54, 1.807) is 0 Å². The summed E-state index contributed by atoms with van der Waals surface area (Å²) in [7, 11) is 0. The van der Waals surface area contributed by atoms with Crippen LogP contribution >= 0.6 is 11.6 Å². The maximum atomic E-state index is 11.0. The summed E-state index contributed by atoms with van der Waals surface area (Å²) in [5.41, 5.74) is 2.55. The second-order valence-electron chi connectivity index (χ2n) is 4.46. The van der Waals surface area contributed by atoms with Crippen molar-refractivity contribution in [1.82, 2.24) is 4.98 Å². The van der Waals surface area contributed by atoms with Crippen molar-refractivity contribution in [2.24, 2.45) is 0 Å². The number of rotatable bonds is 5. The number of carbonyl (C=O) groups is 1. The molecule has 1 aromatic carbocycles. The van der Waals surface area contributed by atoms with E-state index >= 15 is 0 Å². The van der Waals surface area contributed by atoms with Crippen molar-refractivity contribution in [3.8, 4) is 0 Å². The fraction of sp³-hybridized carbons (Fsp3) is 0.200. The number of nitrogens with zero attached hydrogens (tertiary/aromatic N) is 1. The lowest BCUT2D eigenvalue weighted by Gasteiger charge is -2.08. The van der Waals surface area contributed by atoms with Crippen molar-refractivity contribution in [3.63, 3.8) is 0 Å². The van der Waals surface area contributed by atoms with Crippen molar-refractivity contribution >= 4 is 23.4 Å². The van der Waals surface area contributed by atoms with Crippen LogP contribution in [0.5, 0.6) is 0 Å². The molecule has 0 unspecified atom stereocenters. The Balaban J connectivity index is 2.00. The lowest BCUT2D eigenvalue weighted by Crippen LogP contribution is -2.08. The molecule has 0 aliphatic rings. The number of nitrogens with one attached hydrogen (secondary N) is 1. The summed E-state index contributed by atoms with van der Waals surface area (Å²) >= 11 is 5.77.